The summed E-state index contributed by atoms with van der Waals surface area (Å²) in [4.78, 5) is 13.7. The Morgan fingerprint density at radius 3 is 2.24 bits per heavy atom. The van der Waals surface area contributed by atoms with Crippen LogP contribution in [0.1, 0.15) is 65.7 Å². The summed E-state index contributed by atoms with van der Waals surface area (Å²) in [5.74, 6) is 1.43. The van der Waals surface area contributed by atoms with E-state index < -0.39 is 5.60 Å². The molecule has 0 heterocycles. The van der Waals surface area contributed by atoms with Crippen molar-refractivity contribution in [1.82, 2.24) is 4.90 Å². The van der Waals surface area contributed by atoms with E-state index in [0.717, 1.165) is 25.3 Å². The van der Waals surface area contributed by atoms with Crippen LogP contribution >= 0.6 is 0 Å². The average Bonchev–Trinajstić information content (AvgIpc) is 2.39. The molecular weight excluding hydrogens is 266 g/mol. The quantitative estimate of drug-likeness (QED) is 0.758. The van der Waals surface area contributed by atoms with Crippen molar-refractivity contribution in [3.8, 4) is 0 Å². The Morgan fingerprint density at radius 1 is 1.14 bits per heavy atom. The second-order valence-corrected chi connectivity index (χ2v) is 7.47. The molecule has 0 unspecified atom stereocenters. The van der Waals surface area contributed by atoms with Crippen molar-refractivity contribution in [3.63, 3.8) is 0 Å². The molecule has 0 radical (unpaired) electrons. The van der Waals surface area contributed by atoms with Crippen LogP contribution in [0.2, 0.25) is 0 Å². The van der Waals surface area contributed by atoms with Crippen molar-refractivity contribution < 1.29 is 14.6 Å². The highest BCUT2D eigenvalue weighted by atomic mass is 16.6. The van der Waals surface area contributed by atoms with Gasteiger partial charge in [-0.15, -0.1) is 0 Å². The molecule has 1 amide bonds. The lowest BCUT2D eigenvalue weighted by molar-refractivity contribution is 0.0257. The minimum atomic E-state index is -0.421. The Kier molecular flexibility index (Phi) is 7.50. The third-order valence-electron chi connectivity index (χ3n) is 4.22. The molecule has 0 spiro atoms. The average molecular weight is 299 g/mol. The van der Waals surface area contributed by atoms with E-state index in [1.807, 2.05) is 27.8 Å². The minimum absolute atomic E-state index is 0.215. The number of aliphatic hydroxyl groups is 1. The van der Waals surface area contributed by atoms with Gasteiger partial charge in [0.05, 0.1) is 0 Å². The number of hydrogen-bond acceptors (Lipinski definition) is 3. The van der Waals surface area contributed by atoms with Gasteiger partial charge in [-0.25, -0.2) is 4.79 Å². The summed E-state index contributed by atoms with van der Waals surface area (Å²) in [6.45, 7) is 6.82. The van der Waals surface area contributed by atoms with Gasteiger partial charge < -0.3 is 14.7 Å². The SMILES string of the molecule is CN(C[C@H]1CC[C@H](CCCCO)CC1)C(=O)OC(C)(C)C. The topological polar surface area (TPSA) is 49.8 Å². The minimum Gasteiger partial charge on any atom is -0.444 e. The van der Waals surface area contributed by atoms with Gasteiger partial charge >= 0.3 is 6.09 Å². The highest BCUT2D eigenvalue weighted by molar-refractivity contribution is 5.67. The summed E-state index contributed by atoms with van der Waals surface area (Å²) < 4.78 is 5.39. The molecule has 0 aromatic heterocycles. The lowest BCUT2D eigenvalue weighted by Gasteiger charge is -2.32. The molecular formula is C17H33NO3. The highest BCUT2D eigenvalue weighted by Crippen LogP contribution is 2.32. The second kappa shape index (κ2) is 8.62. The van der Waals surface area contributed by atoms with E-state index in [1.165, 1.54) is 32.1 Å². The van der Waals surface area contributed by atoms with Crippen LogP contribution in [0.15, 0.2) is 0 Å². The normalized spacial score (nSPS) is 22.9. The Morgan fingerprint density at radius 2 is 1.71 bits per heavy atom. The fraction of sp³-hybridized carbons (Fsp3) is 0.941. The molecule has 4 nitrogen and oxygen atoms in total. The van der Waals surface area contributed by atoms with Crippen LogP contribution in [0, 0.1) is 11.8 Å². The molecule has 0 aromatic rings. The zero-order valence-electron chi connectivity index (χ0n) is 14.2. The van der Waals surface area contributed by atoms with Crippen LogP contribution < -0.4 is 0 Å². The third kappa shape index (κ3) is 7.70. The van der Waals surface area contributed by atoms with E-state index in [9.17, 15) is 4.79 Å². The van der Waals surface area contributed by atoms with E-state index in [-0.39, 0.29) is 6.09 Å². The van der Waals surface area contributed by atoms with Gasteiger partial charge in [0, 0.05) is 20.2 Å². The predicted octanol–water partition coefficient (Wildman–Crippen LogP) is 3.82. The molecule has 1 N–H and O–H groups in total. The van der Waals surface area contributed by atoms with E-state index in [4.69, 9.17) is 9.84 Å². The highest BCUT2D eigenvalue weighted by Gasteiger charge is 2.25. The predicted molar refractivity (Wildman–Crippen MR) is 85.2 cm³/mol. The molecule has 0 bridgehead atoms. The van der Waals surface area contributed by atoms with E-state index >= 15 is 0 Å². The maximum Gasteiger partial charge on any atom is 0.410 e. The molecule has 0 atom stereocenters. The summed E-state index contributed by atoms with van der Waals surface area (Å²) in [7, 11) is 1.83. The summed E-state index contributed by atoms with van der Waals surface area (Å²) in [6, 6.07) is 0. The molecule has 1 saturated carbocycles. The van der Waals surface area contributed by atoms with Crippen LogP contribution in [-0.4, -0.2) is 41.9 Å². The molecule has 0 aromatic carbocycles. The molecule has 1 aliphatic carbocycles. The number of unbranched alkanes of at least 4 members (excludes halogenated alkanes) is 1. The van der Waals surface area contributed by atoms with E-state index in [1.54, 1.807) is 4.90 Å². The number of amides is 1. The van der Waals surface area contributed by atoms with Gasteiger partial charge in [-0.3, -0.25) is 0 Å². The lowest BCUT2D eigenvalue weighted by Crippen LogP contribution is -2.37. The molecule has 0 aliphatic heterocycles. The standard InChI is InChI=1S/C17H33NO3/c1-17(2,3)21-16(20)18(4)13-15-10-8-14(9-11-15)7-5-6-12-19/h14-15,19H,5-13H2,1-4H3/t14-,15-. The Bertz CT molecular complexity index is 304. The van der Waals surface area contributed by atoms with Gasteiger partial charge in [-0.2, -0.15) is 0 Å². The molecule has 1 fully saturated rings. The maximum absolute atomic E-state index is 12.0. The molecule has 21 heavy (non-hydrogen) atoms. The Labute approximate surface area is 129 Å². The van der Waals surface area contributed by atoms with Gasteiger partial charge in [-0.1, -0.05) is 25.7 Å². The summed E-state index contributed by atoms with van der Waals surface area (Å²) in [5, 5.41) is 8.82. The zero-order chi connectivity index (χ0) is 15.9. The molecule has 1 aliphatic rings. The number of carbonyl (C=O) groups excluding carboxylic acids is 1. The van der Waals surface area contributed by atoms with Crippen LogP contribution in [0.3, 0.4) is 0 Å². The van der Waals surface area contributed by atoms with Crippen LogP contribution in [0.25, 0.3) is 0 Å². The first-order valence-electron chi connectivity index (χ1n) is 8.37. The molecule has 0 saturated heterocycles. The first kappa shape index (κ1) is 18.3. The molecule has 124 valence electrons. The first-order valence-corrected chi connectivity index (χ1v) is 8.37. The van der Waals surface area contributed by atoms with Crippen LogP contribution in [-0.2, 0) is 4.74 Å². The summed E-state index contributed by atoms with van der Waals surface area (Å²) >= 11 is 0. The van der Waals surface area contributed by atoms with Crippen LogP contribution in [0.4, 0.5) is 4.79 Å². The van der Waals surface area contributed by atoms with Crippen molar-refractivity contribution in [2.24, 2.45) is 11.8 Å². The van der Waals surface area contributed by atoms with Crippen molar-refractivity contribution in [2.45, 2.75) is 71.3 Å². The van der Waals surface area contributed by atoms with Crippen molar-refractivity contribution in [3.05, 3.63) is 0 Å². The summed E-state index contributed by atoms with van der Waals surface area (Å²) in [6.07, 6.45) is 8.04. The fourth-order valence-corrected chi connectivity index (χ4v) is 3.05. The number of rotatable bonds is 6. The van der Waals surface area contributed by atoms with Crippen molar-refractivity contribution in [2.75, 3.05) is 20.2 Å². The van der Waals surface area contributed by atoms with Gasteiger partial charge in [0.25, 0.3) is 0 Å². The summed E-state index contributed by atoms with van der Waals surface area (Å²) in [5.41, 5.74) is -0.421. The maximum atomic E-state index is 12.0. The number of aliphatic hydroxyl groups excluding tert-OH is 1. The number of hydrogen-bond donors (Lipinski definition) is 1. The Balaban J connectivity index is 2.24. The largest absolute Gasteiger partial charge is 0.444 e. The van der Waals surface area contributed by atoms with Gasteiger partial charge in [0.1, 0.15) is 5.60 Å². The number of carbonyl (C=O) groups is 1. The van der Waals surface area contributed by atoms with Crippen molar-refractivity contribution in [1.29, 1.82) is 0 Å². The fourth-order valence-electron chi connectivity index (χ4n) is 3.05. The smallest absolute Gasteiger partial charge is 0.410 e. The molecule has 4 heteroatoms. The van der Waals surface area contributed by atoms with E-state index in [2.05, 4.69) is 0 Å². The Hall–Kier alpha value is -0.770. The molecule has 1 rings (SSSR count). The van der Waals surface area contributed by atoms with Gasteiger partial charge in [-0.05, 0) is 51.9 Å². The number of ether oxygens (including phenoxy) is 1. The number of nitrogens with zero attached hydrogens (tertiary/aromatic N) is 1. The zero-order valence-corrected chi connectivity index (χ0v) is 14.2. The van der Waals surface area contributed by atoms with Gasteiger partial charge in [0.2, 0.25) is 0 Å². The third-order valence-corrected chi connectivity index (χ3v) is 4.22. The monoisotopic (exact) mass is 299 g/mol. The van der Waals surface area contributed by atoms with Crippen LogP contribution in [0.5, 0.6) is 0 Å². The van der Waals surface area contributed by atoms with Crippen molar-refractivity contribution >= 4 is 6.09 Å². The first-order chi connectivity index (χ1) is 9.81. The lowest BCUT2D eigenvalue weighted by atomic mass is 9.79. The second-order valence-electron chi connectivity index (χ2n) is 7.47. The van der Waals surface area contributed by atoms with Gasteiger partial charge in [0.15, 0.2) is 0 Å². The van der Waals surface area contributed by atoms with E-state index in [0.29, 0.717) is 12.5 Å².